The van der Waals surface area contributed by atoms with Gasteiger partial charge in [0.1, 0.15) is 11.5 Å². The molecule has 9 nitrogen and oxygen atoms in total. The number of nitrogens with zero attached hydrogens (tertiary/aromatic N) is 2. The van der Waals surface area contributed by atoms with E-state index in [0.29, 0.717) is 30.2 Å². The summed E-state index contributed by atoms with van der Waals surface area (Å²) in [5.74, 6) is 1.32. The number of urea groups is 1. The van der Waals surface area contributed by atoms with Crippen LogP contribution in [0.15, 0.2) is 61.2 Å². The minimum atomic E-state index is -3.31. The van der Waals surface area contributed by atoms with E-state index in [4.69, 9.17) is 4.74 Å². The Morgan fingerprint density at radius 2 is 1.74 bits per heavy atom. The van der Waals surface area contributed by atoms with Crippen LogP contribution in [-0.4, -0.2) is 73.9 Å². The van der Waals surface area contributed by atoms with E-state index in [1.165, 1.54) is 5.56 Å². The number of carbonyl (C=O) groups is 1. The Bertz CT molecular complexity index is 1140. The van der Waals surface area contributed by atoms with Crippen molar-refractivity contribution in [1.29, 1.82) is 0 Å². The molecule has 0 radical (unpaired) electrons. The number of aliphatic hydroxyl groups is 1. The number of carbonyl (C=O) groups excluding carboxylic acids is 1. The van der Waals surface area contributed by atoms with E-state index in [1.54, 1.807) is 24.3 Å². The average Bonchev–Trinajstić information content (AvgIpc) is 2.89. The van der Waals surface area contributed by atoms with E-state index in [2.05, 4.69) is 21.5 Å². The number of nitrogens with one attached hydrogen (secondary N) is 2. The SMILES string of the molecule is C=CCCN(C(=O)NCC(O)CC)C1CCN(Cc2ccc(Oc3ccc(NS(C)(=O)=O)cc3)cc2)CC1.Cl. The van der Waals surface area contributed by atoms with Gasteiger partial charge in [-0.05, 0) is 67.6 Å². The zero-order valence-electron chi connectivity index (χ0n) is 22.7. The van der Waals surface area contributed by atoms with E-state index in [0.717, 1.165) is 45.2 Å². The van der Waals surface area contributed by atoms with E-state index >= 15 is 0 Å². The minimum Gasteiger partial charge on any atom is -0.457 e. The molecule has 1 saturated heterocycles. The maximum atomic E-state index is 12.8. The Morgan fingerprint density at radius 1 is 1.15 bits per heavy atom. The van der Waals surface area contributed by atoms with Gasteiger partial charge in [-0.2, -0.15) is 0 Å². The van der Waals surface area contributed by atoms with Crippen LogP contribution in [0.3, 0.4) is 0 Å². The van der Waals surface area contributed by atoms with Gasteiger partial charge in [0.15, 0.2) is 0 Å². The van der Waals surface area contributed by atoms with Crippen molar-refractivity contribution in [1.82, 2.24) is 15.1 Å². The molecule has 1 aliphatic heterocycles. The fraction of sp³-hybridized carbons (Fsp3) is 0.464. The van der Waals surface area contributed by atoms with Gasteiger partial charge in [0.25, 0.3) is 0 Å². The zero-order chi connectivity index (χ0) is 27.5. The van der Waals surface area contributed by atoms with Crippen LogP contribution in [0.25, 0.3) is 0 Å². The molecule has 0 bridgehead atoms. The third-order valence-corrected chi connectivity index (χ3v) is 7.12. The van der Waals surface area contributed by atoms with Gasteiger partial charge >= 0.3 is 6.03 Å². The van der Waals surface area contributed by atoms with Gasteiger partial charge in [-0.15, -0.1) is 19.0 Å². The van der Waals surface area contributed by atoms with Crippen LogP contribution >= 0.6 is 12.4 Å². The van der Waals surface area contributed by atoms with Crippen LogP contribution in [0.5, 0.6) is 11.5 Å². The van der Waals surface area contributed by atoms with Crippen LogP contribution in [0, 0.1) is 0 Å². The summed E-state index contributed by atoms with van der Waals surface area (Å²) in [6.45, 7) is 9.19. The smallest absolute Gasteiger partial charge is 0.317 e. The lowest BCUT2D eigenvalue weighted by Crippen LogP contribution is -2.51. The van der Waals surface area contributed by atoms with Gasteiger partial charge in [0.2, 0.25) is 10.0 Å². The number of hydrogen-bond acceptors (Lipinski definition) is 6. The third-order valence-electron chi connectivity index (χ3n) is 6.52. The van der Waals surface area contributed by atoms with Crippen molar-refractivity contribution in [3.8, 4) is 11.5 Å². The lowest BCUT2D eigenvalue weighted by Gasteiger charge is -2.38. The first-order valence-electron chi connectivity index (χ1n) is 13.1. The van der Waals surface area contributed by atoms with E-state index in [1.807, 2.05) is 42.2 Å². The first-order chi connectivity index (χ1) is 18.2. The molecule has 216 valence electrons. The lowest BCUT2D eigenvalue weighted by molar-refractivity contribution is 0.113. The van der Waals surface area contributed by atoms with Crippen LogP contribution in [0.2, 0.25) is 0 Å². The molecule has 1 heterocycles. The number of ether oxygens (including phenoxy) is 1. The summed E-state index contributed by atoms with van der Waals surface area (Å²) < 4.78 is 31.0. The summed E-state index contributed by atoms with van der Waals surface area (Å²) in [6.07, 6.45) is 5.55. The van der Waals surface area contributed by atoms with Crippen molar-refractivity contribution in [3.05, 3.63) is 66.7 Å². The van der Waals surface area contributed by atoms with Gasteiger partial charge < -0.3 is 20.1 Å². The molecular formula is C28H41ClN4O5S. The molecule has 1 atom stereocenters. The second kappa shape index (κ2) is 15.7. The molecule has 0 spiro atoms. The molecule has 3 rings (SSSR count). The van der Waals surface area contributed by atoms with Crippen molar-refractivity contribution in [2.45, 2.75) is 51.3 Å². The normalized spacial score (nSPS) is 15.1. The summed E-state index contributed by atoms with van der Waals surface area (Å²) in [4.78, 5) is 17.1. The first-order valence-corrected chi connectivity index (χ1v) is 15.0. The largest absolute Gasteiger partial charge is 0.457 e. The molecule has 1 fully saturated rings. The maximum Gasteiger partial charge on any atom is 0.317 e. The fourth-order valence-electron chi connectivity index (χ4n) is 4.38. The Balaban J connectivity index is 0.00000533. The Kier molecular flexibility index (Phi) is 13.1. The number of hydrogen-bond donors (Lipinski definition) is 3. The van der Waals surface area contributed by atoms with Crippen molar-refractivity contribution in [2.75, 3.05) is 37.2 Å². The first kappa shape index (κ1) is 32.4. The summed E-state index contributed by atoms with van der Waals surface area (Å²) in [5.41, 5.74) is 1.66. The van der Waals surface area contributed by atoms with Crippen LogP contribution in [0.1, 0.15) is 38.2 Å². The van der Waals surface area contributed by atoms with Gasteiger partial charge in [0, 0.05) is 44.5 Å². The topological polar surface area (TPSA) is 111 Å². The lowest BCUT2D eigenvalue weighted by atomic mass is 10.0. The van der Waals surface area contributed by atoms with Crippen LogP contribution < -0.4 is 14.8 Å². The predicted molar refractivity (Wildman–Crippen MR) is 158 cm³/mol. The monoisotopic (exact) mass is 580 g/mol. The van der Waals surface area contributed by atoms with Crippen LogP contribution in [0.4, 0.5) is 10.5 Å². The molecule has 3 N–H and O–H groups in total. The number of anilines is 1. The molecule has 39 heavy (non-hydrogen) atoms. The summed E-state index contributed by atoms with van der Waals surface area (Å²) in [7, 11) is -3.31. The van der Waals surface area contributed by atoms with Gasteiger partial charge in [0.05, 0.1) is 12.4 Å². The number of benzene rings is 2. The van der Waals surface area contributed by atoms with Crippen molar-refractivity contribution in [3.63, 3.8) is 0 Å². The molecule has 2 aromatic carbocycles. The van der Waals surface area contributed by atoms with Gasteiger partial charge in [-0.25, -0.2) is 13.2 Å². The molecule has 1 aliphatic rings. The molecular weight excluding hydrogens is 540 g/mol. The van der Waals surface area contributed by atoms with Crippen molar-refractivity contribution in [2.24, 2.45) is 0 Å². The molecule has 0 aromatic heterocycles. The van der Waals surface area contributed by atoms with Gasteiger partial charge in [-0.1, -0.05) is 25.1 Å². The number of sulfonamides is 1. The number of amides is 2. The molecule has 0 saturated carbocycles. The second-order valence-corrected chi connectivity index (χ2v) is 11.4. The highest BCUT2D eigenvalue weighted by Crippen LogP contribution is 2.25. The number of likely N-dealkylation sites (tertiary alicyclic amines) is 1. The second-order valence-electron chi connectivity index (χ2n) is 9.67. The minimum absolute atomic E-state index is 0. The van der Waals surface area contributed by atoms with E-state index in [-0.39, 0.29) is 31.0 Å². The van der Waals surface area contributed by atoms with Gasteiger partial charge in [-0.3, -0.25) is 9.62 Å². The molecule has 0 aliphatic carbocycles. The molecule has 11 heteroatoms. The Hall–Kier alpha value is -2.79. The summed E-state index contributed by atoms with van der Waals surface area (Å²) in [6, 6.07) is 14.7. The predicted octanol–water partition coefficient (Wildman–Crippen LogP) is 4.60. The van der Waals surface area contributed by atoms with Crippen molar-refractivity contribution < 1.29 is 23.1 Å². The van der Waals surface area contributed by atoms with Crippen molar-refractivity contribution >= 4 is 34.1 Å². The molecule has 1 unspecified atom stereocenters. The van der Waals surface area contributed by atoms with Crippen LogP contribution in [-0.2, 0) is 16.6 Å². The zero-order valence-corrected chi connectivity index (χ0v) is 24.3. The standard InChI is InChI=1S/C28H40N4O5S.ClH/c1-4-6-17-32(28(34)29-20-25(33)5-2)24-15-18-31(19-16-24)21-22-7-11-26(12-8-22)37-27-13-9-23(10-14-27)30-38(3,35)36;/h4,7-14,24-25,30,33H,1,5-6,15-21H2,2-3H3,(H,29,34);1H. The third kappa shape index (κ3) is 11.1. The number of halogens is 1. The Morgan fingerprint density at radius 3 is 2.28 bits per heavy atom. The number of rotatable bonds is 13. The highest BCUT2D eigenvalue weighted by Gasteiger charge is 2.27. The highest BCUT2D eigenvalue weighted by atomic mass is 35.5. The highest BCUT2D eigenvalue weighted by molar-refractivity contribution is 7.92. The molecule has 2 aromatic rings. The maximum absolute atomic E-state index is 12.8. The average molecular weight is 581 g/mol. The molecule has 2 amide bonds. The number of piperidine rings is 1. The summed E-state index contributed by atoms with van der Waals surface area (Å²) in [5, 5.41) is 12.7. The van der Waals surface area contributed by atoms with E-state index in [9.17, 15) is 18.3 Å². The number of aliphatic hydroxyl groups excluding tert-OH is 1. The summed E-state index contributed by atoms with van der Waals surface area (Å²) >= 11 is 0. The van der Waals surface area contributed by atoms with E-state index < -0.39 is 16.1 Å². The quantitative estimate of drug-likeness (QED) is 0.299. The Labute approximate surface area is 238 Å². The fourth-order valence-corrected chi connectivity index (χ4v) is 4.95.